The van der Waals surface area contributed by atoms with Crippen LogP contribution in [0.1, 0.15) is 31.2 Å². The zero-order valence-electron chi connectivity index (χ0n) is 13.2. The van der Waals surface area contributed by atoms with Gasteiger partial charge in [-0.3, -0.25) is 9.79 Å². The van der Waals surface area contributed by atoms with Gasteiger partial charge in [0.2, 0.25) is 0 Å². The first-order valence-corrected chi connectivity index (χ1v) is 7.41. The van der Waals surface area contributed by atoms with Crippen LogP contribution in [0.3, 0.4) is 0 Å². The summed E-state index contributed by atoms with van der Waals surface area (Å²) in [5.41, 5.74) is 0.988. The Morgan fingerprint density at radius 3 is 2.55 bits per heavy atom. The Kier molecular flexibility index (Phi) is 8.64. The lowest BCUT2D eigenvalue weighted by atomic mass is 10.2. The second kappa shape index (κ2) is 10.6. The van der Waals surface area contributed by atoms with Gasteiger partial charge in [0, 0.05) is 26.6 Å². The van der Waals surface area contributed by atoms with Gasteiger partial charge >= 0.3 is 5.97 Å². The van der Waals surface area contributed by atoms with Crippen LogP contribution in [0.15, 0.2) is 29.3 Å². The SMILES string of the molecule is CN=C(NCCCCCC(=O)OC)NCc1ccc(F)cc1. The Morgan fingerprint density at radius 2 is 1.91 bits per heavy atom. The summed E-state index contributed by atoms with van der Waals surface area (Å²) >= 11 is 0. The Hall–Kier alpha value is -2.11. The van der Waals surface area contributed by atoms with Crippen LogP contribution in [0, 0.1) is 5.82 Å². The number of nitrogens with one attached hydrogen (secondary N) is 2. The van der Waals surface area contributed by atoms with Crippen molar-refractivity contribution in [2.75, 3.05) is 20.7 Å². The third-order valence-electron chi connectivity index (χ3n) is 3.17. The Bertz CT molecular complexity index is 475. The van der Waals surface area contributed by atoms with Crippen molar-refractivity contribution in [2.24, 2.45) is 4.99 Å². The smallest absolute Gasteiger partial charge is 0.305 e. The summed E-state index contributed by atoms with van der Waals surface area (Å²) in [6.45, 7) is 1.37. The highest BCUT2D eigenvalue weighted by atomic mass is 19.1. The second-order valence-electron chi connectivity index (χ2n) is 4.87. The number of nitrogens with zero attached hydrogens (tertiary/aromatic N) is 1. The van der Waals surface area contributed by atoms with Gasteiger partial charge in [0.1, 0.15) is 5.82 Å². The van der Waals surface area contributed by atoms with Crippen LogP contribution in [0.5, 0.6) is 0 Å². The maximum Gasteiger partial charge on any atom is 0.305 e. The van der Waals surface area contributed by atoms with Gasteiger partial charge in [0.15, 0.2) is 5.96 Å². The van der Waals surface area contributed by atoms with Crippen molar-refractivity contribution in [2.45, 2.75) is 32.2 Å². The number of benzene rings is 1. The van der Waals surface area contributed by atoms with Crippen LogP contribution in [-0.4, -0.2) is 32.6 Å². The van der Waals surface area contributed by atoms with Crippen molar-refractivity contribution in [3.63, 3.8) is 0 Å². The van der Waals surface area contributed by atoms with Crippen molar-refractivity contribution in [1.29, 1.82) is 0 Å². The molecule has 0 atom stereocenters. The van der Waals surface area contributed by atoms with E-state index < -0.39 is 0 Å². The maximum absolute atomic E-state index is 12.8. The van der Waals surface area contributed by atoms with Gasteiger partial charge in [-0.1, -0.05) is 18.6 Å². The monoisotopic (exact) mass is 309 g/mol. The van der Waals surface area contributed by atoms with Gasteiger partial charge in [-0.15, -0.1) is 0 Å². The minimum atomic E-state index is -0.238. The van der Waals surface area contributed by atoms with E-state index in [9.17, 15) is 9.18 Å². The van der Waals surface area contributed by atoms with Gasteiger partial charge in [-0.25, -0.2) is 4.39 Å². The number of hydrogen-bond donors (Lipinski definition) is 2. The third kappa shape index (κ3) is 7.61. The molecule has 1 rings (SSSR count). The molecule has 0 saturated carbocycles. The molecule has 1 aromatic carbocycles. The lowest BCUT2D eigenvalue weighted by Crippen LogP contribution is -2.37. The molecule has 1 aromatic rings. The zero-order chi connectivity index (χ0) is 16.2. The molecular weight excluding hydrogens is 285 g/mol. The van der Waals surface area contributed by atoms with E-state index in [1.165, 1.54) is 19.2 Å². The molecule has 0 unspecified atom stereocenters. The molecule has 0 aromatic heterocycles. The number of esters is 1. The summed E-state index contributed by atoms with van der Waals surface area (Å²) in [7, 11) is 3.11. The van der Waals surface area contributed by atoms with Gasteiger partial charge in [-0.05, 0) is 30.5 Å². The number of hydrogen-bond acceptors (Lipinski definition) is 3. The van der Waals surface area contributed by atoms with Gasteiger partial charge in [0.25, 0.3) is 0 Å². The first-order chi connectivity index (χ1) is 10.7. The fraction of sp³-hybridized carbons (Fsp3) is 0.500. The molecule has 0 fully saturated rings. The summed E-state index contributed by atoms with van der Waals surface area (Å²) in [5, 5.41) is 6.37. The largest absolute Gasteiger partial charge is 0.469 e. The van der Waals surface area contributed by atoms with Crippen LogP contribution < -0.4 is 10.6 Å². The van der Waals surface area contributed by atoms with E-state index >= 15 is 0 Å². The van der Waals surface area contributed by atoms with Crippen LogP contribution in [0.25, 0.3) is 0 Å². The number of guanidine groups is 1. The van der Waals surface area contributed by atoms with Crippen molar-refractivity contribution >= 4 is 11.9 Å². The Morgan fingerprint density at radius 1 is 1.18 bits per heavy atom. The predicted octanol–water partition coefficient (Wildman–Crippen LogP) is 2.22. The number of rotatable bonds is 8. The molecule has 0 aliphatic rings. The number of ether oxygens (including phenoxy) is 1. The molecule has 0 saturated heterocycles. The van der Waals surface area contributed by atoms with Crippen molar-refractivity contribution in [3.8, 4) is 0 Å². The van der Waals surface area contributed by atoms with Crippen molar-refractivity contribution in [1.82, 2.24) is 10.6 Å². The molecule has 122 valence electrons. The van der Waals surface area contributed by atoms with E-state index in [0.29, 0.717) is 18.9 Å². The molecule has 5 nitrogen and oxygen atoms in total. The summed E-state index contributed by atoms with van der Waals surface area (Å²) in [5.74, 6) is 0.306. The minimum Gasteiger partial charge on any atom is -0.469 e. The van der Waals surface area contributed by atoms with E-state index in [1.807, 2.05) is 0 Å². The van der Waals surface area contributed by atoms with Crippen molar-refractivity contribution in [3.05, 3.63) is 35.6 Å². The van der Waals surface area contributed by atoms with Gasteiger partial charge < -0.3 is 15.4 Å². The first kappa shape index (κ1) is 17.9. The lowest BCUT2D eigenvalue weighted by Gasteiger charge is -2.11. The summed E-state index contributed by atoms with van der Waals surface area (Å²) < 4.78 is 17.4. The first-order valence-electron chi connectivity index (χ1n) is 7.41. The molecule has 6 heteroatoms. The van der Waals surface area contributed by atoms with E-state index in [1.54, 1.807) is 19.2 Å². The normalized spacial score (nSPS) is 11.1. The number of aliphatic imine (C=N–C) groups is 1. The number of halogens is 1. The molecular formula is C16H24FN3O2. The average molecular weight is 309 g/mol. The Labute approximate surface area is 131 Å². The molecule has 0 aliphatic heterocycles. The molecule has 22 heavy (non-hydrogen) atoms. The highest BCUT2D eigenvalue weighted by Gasteiger charge is 2.01. The lowest BCUT2D eigenvalue weighted by molar-refractivity contribution is -0.140. The van der Waals surface area contributed by atoms with Crippen molar-refractivity contribution < 1.29 is 13.9 Å². The zero-order valence-corrected chi connectivity index (χ0v) is 13.2. The molecule has 0 spiro atoms. The molecule has 0 amide bonds. The highest BCUT2D eigenvalue weighted by molar-refractivity contribution is 5.79. The van der Waals surface area contributed by atoms with E-state index in [0.717, 1.165) is 31.4 Å². The standard InChI is InChI=1S/C16H24FN3O2/c1-18-16(19-11-5-3-4-6-15(21)22-2)20-12-13-7-9-14(17)10-8-13/h7-10H,3-6,11-12H2,1-2H3,(H2,18,19,20). The minimum absolute atomic E-state index is 0.162. The summed E-state index contributed by atoms with van der Waals surface area (Å²) in [6, 6.07) is 6.36. The molecule has 2 N–H and O–H groups in total. The fourth-order valence-corrected chi connectivity index (χ4v) is 1.89. The Balaban J connectivity index is 2.15. The number of carbonyl (C=O) groups is 1. The average Bonchev–Trinajstić information content (AvgIpc) is 2.54. The fourth-order valence-electron chi connectivity index (χ4n) is 1.89. The number of methoxy groups -OCH3 is 1. The van der Waals surface area contributed by atoms with Crippen LogP contribution >= 0.6 is 0 Å². The van der Waals surface area contributed by atoms with Crippen LogP contribution in [-0.2, 0) is 16.1 Å². The summed E-state index contributed by atoms with van der Waals surface area (Å²) in [6.07, 6.45) is 3.20. The molecule has 0 radical (unpaired) electrons. The van der Waals surface area contributed by atoms with Gasteiger partial charge in [0.05, 0.1) is 7.11 Å². The van der Waals surface area contributed by atoms with E-state index in [-0.39, 0.29) is 11.8 Å². The highest BCUT2D eigenvalue weighted by Crippen LogP contribution is 2.02. The number of carbonyl (C=O) groups excluding carboxylic acids is 1. The molecule has 0 bridgehead atoms. The third-order valence-corrected chi connectivity index (χ3v) is 3.17. The van der Waals surface area contributed by atoms with Gasteiger partial charge in [-0.2, -0.15) is 0 Å². The van der Waals surface area contributed by atoms with Crippen LogP contribution in [0.4, 0.5) is 4.39 Å². The summed E-state index contributed by atoms with van der Waals surface area (Å²) in [4.78, 5) is 15.1. The molecule has 0 aliphatic carbocycles. The predicted molar refractivity (Wildman–Crippen MR) is 85.1 cm³/mol. The molecule has 0 heterocycles. The quantitative estimate of drug-likeness (QED) is 0.334. The number of unbranched alkanes of at least 4 members (excludes halogenated alkanes) is 2. The van der Waals surface area contributed by atoms with E-state index in [4.69, 9.17) is 0 Å². The van der Waals surface area contributed by atoms with Crippen LogP contribution in [0.2, 0.25) is 0 Å². The topological polar surface area (TPSA) is 62.7 Å². The second-order valence-corrected chi connectivity index (χ2v) is 4.87. The maximum atomic E-state index is 12.8. The van der Waals surface area contributed by atoms with E-state index in [2.05, 4.69) is 20.4 Å².